The van der Waals surface area contributed by atoms with Gasteiger partial charge in [-0.1, -0.05) is 31.2 Å². The second kappa shape index (κ2) is 9.01. The molecule has 0 bridgehead atoms. The summed E-state index contributed by atoms with van der Waals surface area (Å²) in [5.74, 6) is -0.538. The van der Waals surface area contributed by atoms with Gasteiger partial charge >= 0.3 is 0 Å². The maximum absolute atomic E-state index is 14.0. The molecular formula is C20H24ClFN2O2. The smallest absolute Gasteiger partial charge is 0.254 e. The SMILES string of the molecule is CCc1ccc(C2CNCCN2C(=O)c2ccc(OC)c(F)c2)cc1.Cl. The monoisotopic (exact) mass is 378 g/mol. The van der Waals surface area contributed by atoms with Crippen LogP contribution >= 0.6 is 12.4 Å². The number of carbonyl (C=O) groups is 1. The first-order valence-electron chi connectivity index (χ1n) is 8.58. The molecular weight excluding hydrogens is 355 g/mol. The number of halogens is 2. The lowest BCUT2D eigenvalue weighted by atomic mass is 10.00. The van der Waals surface area contributed by atoms with E-state index in [0.717, 1.165) is 18.5 Å². The number of ether oxygens (including phenoxy) is 1. The average molecular weight is 379 g/mol. The van der Waals surface area contributed by atoms with Crippen molar-refractivity contribution >= 4 is 18.3 Å². The van der Waals surface area contributed by atoms with Crippen LogP contribution in [0.1, 0.15) is 34.5 Å². The standard InChI is InChI=1S/C20H23FN2O2.ClH/c1-3-14-4-6-15(7-5-14)18-13-22-10-11-23(18)20(24)16-8-9-19(25-2)17(21)12-16;/h4-9,12,18,22H,3,10-11,13H2,1-2H3;1H. The molecule has 140 valence electrons. The van der Waals surface area contributed by atoms with E-state index >= 15 is 0 Å². The summed E-state index contributed by atoms with van der Waals surface area (Å²) < 4.78 is 18.9. The maximum Gasteiger partial charge on any atom is 0.254 e. The van der Waals surface area contributed by atoms with Gasteiger partial charge in [-0.05, 0) is 35.7 Å². The summed E-state index contributed by atoms with van der Waals surface area (Å²) in [6.07, 6.45) is 0.983. The zero-order valence-electron chi connectivity index (χ0n) is 15.0. The summed E-state index contributed by atoms with van der Waals surface area (Å²) >= 11 is 0. The molecule has 6 heteroatoms. The summed E-state index contributed by atoms with van der Waals surface area (Å²) in [5.41, 5.74) is 2.70. The lowest BCUT2D eigenvalue weighted by Crippen LogP contribution is -2.48. The predicted molar refractivity (Wildman–Crippen MR) is 103 cm³/mol. The number of hydrogen-bond acceptors (Lipinski definition) is 3. The number of nitrogens with one attached hydrogen (secondary N) is 1. The minimum absolute atomic E-state index is 0. The summed E-state index contributed by atoms with van der Waals surface area (Å²) in [5, 5.41) is 3.34. The van der Waals surface area contributed by atoms with E-state index in [0.29, 0.717) is 18.7 Å². The van der Waals surface area contributed by atoms with Crippen LogP contribution in [-0.2, 0) is 6.42 Å². The number of carbonyl (C=O) groups excluding carboxylic acids is 1. The molecule has 1 fully saturated rings. The van der Waals surface area contributed by atoms with Crippen LogP contribution in [0.3, 0.4) is 0 Å². The van der Waals surface area contributed by atoms with Crippen molar-refractivity contribution in [2.45, 2.75) is 19.4 Å². The van der Waals surface area contributed by atoms with Crippen LogP contribution in [0, 0.1) is 5.82 Å². The molecule has 0 saturated carbocycles. The lowest BCUT2D eigenvalue weighted by Gasteiger charge is -2.36. The molecule has 1 unspecified atom stereocenters. The molecule has 1 amide bonds. The average Bonchev–Trinajstić information content (AvgIpc) is 2.67. The third-order valence-corrected chi connectivity index (χ3v) is 4.68. The first-order valence-corrected chi connectivity index (χ1v) is 8.58. The van der Waals surface area contributed by atoms with Crippen LogP contribution in [0.2, 0.25) is 0 Å². The molecule has 0 aliphatic carbocycles. The number of hydrogen-bond donors (Lipinski definition) is 1. The summed E-state index contributed by atoms with van der Waals surface area (Å²) in [6.45, 7) is 4.13. The van der Waals surface area contributed by atoms with E-state index in [1.54, 1.807) is 6.07 Å². The van der Waals surface area contributed by atoms with Gasteiger partial charge in [-0.15, -0.1) is 12.4 Å². The molecule has 3 rings (SSSR count). The van der Waals surface area contributed by atoms with Gasteiger partial charge in [-0.25, -0.2) is 4.39 Å². The Morgan fingerprint density at radius 1 is 1.27 bits per heavy atom. The first kappa shape index (κ1) is 20.2. The van der Waals surface area contributed by atoms with E-state index in [4.69, 9.17) is 4.74 Å². The van der Waals surface area contributed by atoms with E-state index in [2.05, 4.69) is 36.5 Å². The van der Waals surface area contributed by atoms with Crippen molar-refractivity contribution in [2.24, 2.45) is 0 Å². The van der Waals surface area contributed by atoms with Crippen molar-refractivity contribution in [1.82, 2.24) is 10.2 Å². The molecule has 0 radical (unpaired) electrons. The van der Waals surface area contributed by atoms with Gasteiger partial charge in [0.15, 0.2) is 11.6 Å². The van der Waals surface area contributed by atoms with Crippen LogP contribution in [-0.4, -0.2) is 37.6 Å². The highest BCUT2D eigenvalue weighted by molar-refractivity contribution is 5.94. The highest BCUT2D eigenvalue weighted by Crippen LogP contribution is 2.26. The van der Waals surface area contributed by atoms with E-state index in [1.807, 2.05) is 4.90 Å². The maximum atomic E-state index is 14.0. The Balaban J connectivity index is 0.00000243. The largest absolute Gasteiger partial charge is 0.494 e. The number of methoxy groups -OCH3 is 1. The fourth-order valence-electron chi connectivity index (χ4n) is 3.19. The Bertz CT molecular complexity index is 752. The Morgan fingerprint density at radius 2 is 2.00 bits per heavy atom. The van der Waals surface area contributed by atoms with Crippen LogP contribution in [0.15, 0.2) is 42.5 Å². The number of benzene rings is 2. The number of amides is 1. The lowest BCUT2D eigenvalue weighted by molar-refractivity contribution is 0.0633. The fraction of sp³-hybridized carbons (Fsp3) is 0.350. The van der Waals surface area contributed by atoms with Crippen molar-refractivity contribution in [3.63, 3.8) is 0 Å². The first-order chi connectivity index (χ1) is 12.1. The molecule has 26 heavy (non-hydrogen) atoms. The molecule has 1 saturated heterocycles. The molecule has 2 aromatic rings. The highest BCUT2D eigenvalue weighted by atomic mass is 35.5. The van der Waals surface area contributed by atoms with Crippen molar-refractivity contribution in [2.75, 3.05) is 26.7 Å². The van der Waals surface area contributed by atoms with Crippen LogP contribution in [0.4, 0.5) is 4.39 Å². The predicted octanol–water partition coefficient (Wildman–Crippen LogP) is 3.61. The second-order valence-electron chi connectivity index (χ2n) is 6.16. The van der Waals surface area contributed by atoms with Gasteiger partial charge in [0, 0.05) is 25.2 Å². The van der Waals surface area contributed by atoms with Crippen LogP contribution in [0.25, 0.3) is 0 Å². The van der Waals surface area contributed by atoms with E-state index in [9.17, 15) is 9.18 Å². The minimum atomic E-state index is -0.521. The topological polar surface area (TPSA) is 41.6 Å². The molecule has 1 aliphatic heterocycles. The number of rotatable bonds is 4. The van der Waals surface area contributed by atoms with Crippen molar-refractivity contribution in [1.29, 1.82) is 0 Å². The quantitative estimate of drug-likeness (QED) is 0.883. The Labute approximate surface area is 159 Å². The van der Waals surface area contributed by atoms with Gasteiger partial charge < -0.3 is 15.0 Å². The van der Waals surface area contributed by atoms with Gasteiger partial charge in [-0.3, -0.25) is 4.79 Å². The van der Waals surface area contributed by atoms with Gasteiger partial charge in [0.05, 0.1) is 13.2 Å². The Morgan fingerprint density at radius 3 is 2.62 bits per heavy atom. The molecule has 1 N–H and O–H groups in total. The van der Waals surface area contributed by atoms with Gasteiger partial charge in [0.1, 0.15) is 0 Å². The van der Waals surface area contributed by atoms with E-state index in [1.165, 1.54) is 24.8 Å². The second-order valence-corrected chi connectivity index (χ2v) is 6.16. The Hall–Kier alpha value is -2.11. The van der Waals surface area contributed by atoms with Crippen molar-refractivity contribution < 1.29 is 13.9 Å². The van der Waals surface area contributed by atoms with Crippen LogP contribution < -0.4 is 10.1 Å². The fourth-order valence-corrected chi connectivity index (χ4v) is 3.19. The molecule has 1 atom stereocenters. The van der Waals surface area contributed by atoms with Gasteiger partial charge in [-0.2, -0.15) is 0 Å². The Kier molecular flexibility index (Phi) is 7.00. The summed E-state index contributed by atoms with van der Waals surface area (Å²) in [4.78, 5) is 14.8. The third-order valence-electron chi connectivity index (χ3n) is 4.68. The molecule has 1 aliphatic rings. The van der Waals surface area contributed by atoms with E-state index in [-0.39, 0.29) is 30.1 Å². The van der Waals surface area contributed by atoms with Crippen molar-refractivity contribution in [3.05, 3.63) is 65.0 Å². The summed E-state index contributed by atoms with van der Waals surface area (Å²) in [6, 6.07) is 12.6. The van der Waals surface area contributed by atoms with Gasteiger partial charge in [0.2, 0.25) is 0 Å². The zero-order valence-corrected chi connectivity index (χ0v) is 15.8. The minimum Gasteiger partial charge on any atom is -0.494 e. The number of nitrogens with zero attached hydrogens (tertiary/aromatic N) is 1. The normalized spacial score (nSPS) is 16.7. The molecule has 1 heterocycles. The van der Waals surface area contributed by atoms with Crippen LogP contribution in [0.5, 0.6) is 5.75 Å². The number of piperazine rings is 1. The summed E-state index contributed by atoms with van der Waals surface area (Å²) in [7, 11) is 1.41. The molecule has 4 nitrogen and oxygen atoms in total. The molecule has 0 spiro atoms. The number of aryl methyl sites for hydroxylation is 1. The molecule has 2 aromatic carbocycles. The van der Waals surface area contributed by atoms with E-state index < -0.39 is 5.82 Å². The van der Waals surface area contributed by atoms with Crippen molar-refractivity contribution in [3.8, 4) is 5.75 Å². The third kappa shape index (κ3) is 4.17. The molecule has 0 aromatic heterocycles. The highest BCUT2D eigenvalue weighted by Gasteiger charge is 2.29. The zero-order chi connectivity index (χ0) is 17.8. The van der Waals surface area contributed by atoms with Gasteiger partial charge in [0.25, 0.3) is 5.91 Å².